The molecule has 0 fully saturated rings. The van der Waals surface area contributed by atoms with Gasteiger partial charge in [0.25, 0.3) is 5.69 Å². The standard InChI is InChI=1S/C20H25N3O3/c1-4-8-16(5-2)22-17-12-11-15(13-19(17)23(24)25)14-26-20-10-7-6-9-18(20)21-3/h6-7,9-13,16,22H,3-5,8,14H2,1-2H3. The molecule has 0 aromatic heterocycles. The highest BCUT2D eigenvalue weighted by atomic mass is 16.6. The molecule has 1 N–H and O–H groups in total. The minimum Gasteiger partial charge on any atom is -0.487 e. The van der Waals surface area contributed by atoms with Crippen molar-refractivity contribution in [3.05, 3.63) is 58.1 Å². The molecule has 0 aliphatic heterocycles. The summed E-state index contributed by atoms with van der Waals surface area (Å²) in [5.74, 6) is 0.598. The van der Waals surface area contributed by atoms with Gasteiger partial charge in [0.1, 0.15) is 23.7 Å². The Kier molecular flexibility index (Phi) is 7.14. The van der Waals surface area contributed by atoms with Gasteiger partial charge in [0.15, 0.2) is 0 Å². The van der Waals surface area contributed by atoms with Crippen molar-refractivity contribution in [1.82, 2.24) is 0 Å². The number of para-hydroxylation sites is 2. The Labute approximate surface area is 154 Å². The summed E-state index contributed by atoms with van der Waals surface area (Å²) in [7, 11) is 0. The molecule has 0 saturated carbocycles. The third-order valence-corrected chi connectivity index (χ3v) is 4.18. The highest BCUT2D eigenvalue weighted by Crippen LogP contribution is 2.30. The van der Waals surface area contributed by atoms with E-state index in [1.165, 1.54) is 0 Å². The summed E-state index contributed by atoms with van der Waals surface area (Å²) in [5, 5.41) is 14.8. The third kappa shape index (κ3) is 5.05. The lowest BCUT2D eigenvalue weighted by Crippen LogP contribution is -2.18. The Morgan fingerprint density at radius 1 is 1.27 bits per heavy atom. The van der Waals surface area contributed by atoms with E-state index in [4.69, 9.17) is 4.74 Å². The van der Waals surface area contributed by atoms with Gasteiger partial charge in [-0.25, -0.2) is 0 Å². The SMILES string of the molecule is C=Nc1ccccc1OCc1ccc(NC(CC)CCC)c([N+](=O)[O-])c1. The monoisotopic (exact) mass is 355 g/mol. The number of nitrogens with one attached hydrogen (secondary N) is 1. The average Bonchev–Trinajstić information content (AvgIpc) is 2.66. The normalized spacial score (nSPS) is 11.6. The molecule has 2 aromatic rings. The van der Waals surface area contributed by atoms with E-state index in [1.54, 1.807) is 24.3 Å². The van der Waals surface area contributed by atoms with Crippen molar-refractivity contribution in [2.75, 3.05) is 5.32 Å². The van der Waals surface area contributed by atoms with Gasteiger partial charge in [-0.2, -0.15) is 0 Å². The van der Waals surface area contributed by atoms with Crippen LogP contribution in [-0.2, 0) is 6.61 Å². The van der Waals surface area contributed by atoms with E-state index in [9.17, 15) is 10.1 Å². The Morgan fingerprint density at radius 3 is 2.69 bits per heavy atom. The molecular formula is C20H25N3O3. The minimum atomic E-state index is -0.357. The third-order valence-electron chi connectivity index (χ3n) is 4.18. The summed E-state index contributed by atoms with van der Waals surface area (Å²) in [6.45, 7) is 7.92. The number of benzene rings is 2. The number of nitro groups is 1. The van der Waals surface area contributed by atoms with Crippen LogP contribution in [0.1, 0.15) is 38.7 Å². The molecule has 1 atom stereocenters. The quantitative estimate of drug-likeness (QED) is 0.347. The number of ether oxygens (including phenoxy) is 1. The first-order valence-electron chi connectivity index (χ1n) is 8.81. The van der Waals surface area contributed by atoms with Crippen molar-refractivity contribution in [2.24, 2.45) is 4.99 Å². The number of nitro benzene ring substituents is 1. The van der Waals surface area contributed by atoms with Crippen LogP contribution in [0.2, 0.25) is 0 Å². The molecule has 0 spiro atoms. The molecule has 0 amide bonds. The molecule has 0 bridgehead atoms. The fourth-order valence-corrected chi connectivity index (χ4v) is 2.76. The molecule has 138 valence electrons. The van der Waals surface area contributed by atoms with Crippen molar-refractivity contribution >= 4 is 23.8 Å². The molecule has 0 aliphatic rings. The predicted octanol–water partition coefficient (Wildman–Crippen LogP) is 5.50. The Morgan fingerprint density at radius 2 is 2.04 bits per heavy atom. The van der Waals surface area contributed by atoms with E-state index in [-0.39, 0.29) is 23.3 Å². The molecule has 0 aliphatic carbocycles. The topological polar surface area (TPSA) is 76.8 Å². The number of aliphatic imine (C=N–C) groups is 1. The lowest BCUT2D eigenvalue weighted by atomic mass is 10.1. The van der Waals surface area contributed by atoms with E-state index in [1.807, 2.05) is 18.2 Å². The van der Waals surface area contributed by atoms with Crippen LogP contribution in [0.25, 0.3) is 0 Å². The maximum absolute atomic E-state index is 11.5. The highest BCUT2D eigenvalue weighted by Gasteiger charge is 2.17. The number of nitrogens with zero attached hydrogens (tertiary/aromatic N) is 2. The first-order chi connectivity index (χ1) is 12.6. The van der Waals surface area contributed by atoms with Crippen LogP contribution in [-0.4, -0.2) is 17.7 Å². The van der Waals surface area contributed by atoms with Crippen molar-refractivity contribution in [1.29, 1.82) is 0 Å². The summed E-state index contributed by atoms with van der Waals surface area (Å²) in [6.07, 6.45) is 2.92. The van der Waals surface area contributed by atoms with Crippen molar-refractivity contribution in [3.63, 3.8) is 0 Å². The number of hydrogen-bond donors (Lipinski definition) is 1. The van der Waals surface area contributed by atoms with Crippen molar-refractivity contribution < 1.29 is 9.66 Å². The van der Waals surface area contributed by atoms with E-state index < -0.39 is 0 Å². The molecule has 2 aromatic carbocycles. The zero-order valence-corrected chi connectivity index (χ0v) is 15.3. The zero-order valence-electron chi connectivity index (χ0n) is 15.3. The number of rotatable bonds is 10. The molecule has 6 heteroatoms. The maximum Gasteiger partial charge on any atom is 0.292 e. The minimum absolute atomic E-state index is 0.0655. The molecular weight excluding hydrogens is 330 g/mol. The first-order valence-corrected chi connectivity index (χ1v) is 8.81. The summed E-state index contributed by atoms with van der Waals surface area (Å²) >= 11 is 0. The van der Waals surface area contributed by atoms with Crippen LogP contribution in [0.4, 0.5) is 17.1 Å². The second-order valence-electron chi connectivity index (χ2n) is 6.06. The lowest BCUT2D eigenvalue weighted by Gasteiger charge is -2.18. The highest BCUT2D eigenvalue weighted by molar-refractivity contribution is 5.63. The van der Waals surface area contributed by atoms with E-state index in [0.29, 0.717) is 17.1 Å². The Bertz CT molecular complexity index is 762. The van der Waals surface area contributed by atoms with Crippen molar-refractivity contribution in [2.45, 2.75) is 45.8 Å². The van der Waals surface area contributed by atoms with Crippen LogP contribution in [0, 0.1) is 10.1 Å². The van der Waals surface area contributed by atoms with E-state index in [0.717, 1.165) is 24.8 Å². The second-order valence-corrected chi connectivity index (χ2v) is 6.06. The van der Waals surface area contributed by atoms with Gasteiger partial charge in [0.05, 0.1) is 4.92 Å². The van der Waals surface area contributed by atoms with Crippen LogP contribution < -0.4 is 10.1 Å². The lowest BCUT2D eigenvalue weighted by molar-refractivity contribution is -0.384. The van der Waals surface area contributed by atoms with Gasteiger partial charge < -0.3 is 10.1 Å². The van der Waals surface area contributed by atoms with Gasteiger partial charge in [-0.15, -0.1) is 0 Å². The van der Waals surface area contributed by atoms with Crippen LogP contribution >= 0.6 is 0 Å². The molecule has 0 radical (unpaired) electrons. The van der Waals surface area contributed by atoms with Crippen LogP contribution in [0.15, 0.2) is 47.5 Å². The Hall–Kier alpha value is -2.89. The number of hydrogen-bond acceptors (Lipinski definition) is 5. The molecule has 2 rings (SSSR count). The summed E-state index contributed by atoms with van der Waals surface area (Å²) in [6, 6.07) is 12.7. The molecule has 0 saturated heterocycles. The smallest absolute Gasteiger partial charge is 0.292 e. The van der Waals surface area contributed by atoms with Gasteiger partial charge in [0.2, 0.25) is 0 Å². The summed E-state index contributed by atoms with van der Waals surface area (Å²) < 4.78 is 5.75. The molecule has 0 heterocycles. The molecule has 1 unspecified atom stereocenters. The fourth-order valence-electron chi connectivity index (χ4n) is 2.76. The van der Waals surface area contributed by atoms with Gasteiger partial charge in [-0.05, 0) is 43.3 Å². The van der Waals surface area contributed by atoms with Gasteiger partial charge >= 0.3 is 0 Å². The van der Waals surface area contributed by atoms with Gasteiger partial charge in [-0.1, -0.05) is 38.5 Å². The molecule has 26 heavy (non-hydrogen) atoms. The predicted molar refractivity (Wildman–Crippen MR) is 106 cm³/mol. The van der Waals surface area contributed by atoms with Crippen molar-refractivity contribution in [3.8, 4) is 5.75 Å². The first kappa shape index (κ1) is 19.4. The maximum atomic E-state index is 11.5. The van der Waals surface area contributed by atoms with Gasteiger partial charge in [-0.3, -0.25) is 15.1 Å². The van der Waals surface area contributed by atoms with E-state index >= 15 is 0 Å². The average molecular weight is 355 g/mol. The second kappa shape index (κ2) is 9.56. The fraction of sp³-hybridized carbons (Fsp3) is 0.350. The van der Waals surface area contributed by atoms with Crippen LogP contribution in [0.5, 0.6) is 5.75 Å². The zero-order chi connectivity index (χ0) is 18.9. The summed E-state index contributed by atoms with van der Waals surface area (Å²) in [5.41, 5.74) is 1.98. The Balaban J connectivity index is 2.17. The largest absolute Gasteiger partial charge is 0.487 e. The molecule has 6 nitrogen and oxygen atoms in total. The van der Waals surface area contributed by atoms with Gasteiger partial charge in [0, 0.05) is 12.1 Å². The number of anilines is 1. The summed E-state index contributed by atoms with van der Waals surface area (Å²) in [4.78, 5) is 15.0. The van der Waals surface area contributed by atoms with Crippen LogP contribution in [0.3, 0.4) is 0 Å². The van der Waals surface area contributed by atoms with E-state index in [2.05, 4.69) is 30.9 Å².